The Morgan fingerprint density at radius 3 is 2.56 bits per heavy atom. The van der Waals surface area contributed by atoms with E-state index in [1.165, 1.54) is 23.1 Å². The first-order valence-electron chi connectivity index (χ1n) is 8.96. The van der Waals surface area contributed by atoms with E-state index in [9.17, 15) is 14.9 Å². The third kappa shape index (κ3) is 4.04. The van der Waals surface area contributed by atoms with Crippen LogP contribution in [0, 0.1) is 31.1 Å². The average molecular weight is 407 g/mol. The lowest BCUT2D eigenvalue weighted by Crippen LogP contribution is -2.51. The van der Waals surface area contributed by atoms with Crippen LogP contribution >= 0.6 is 23.1 Å². The van der Waals surface area contributed by atoms with Crippen LogP contribution in [0.4, 0.5) is 0 Å². The summed E-state index contributed by atoms with van der Waals surface area (Å²) in [5.41, 5.74) is -0.0300. The van der Waals surface area contributed by atoms with E-state index in [0.717, 1.165) is 10.4 Å². The highest BCUT2D eigenvalue weighted by molar-refractivity contribution is 8.00. The molecule has 2 aromatic heterocycles. The van der Waals surface area contributed by atoms with Crippen molar-refractivity contribution in [1.29, 1.82) is 5.26 Å². The summed E-state index contributed by atoms with van der Waals surface area (Å²) in [6, 6.07) is 2.18. The van der Waals surface area contributed by atoms with Crippen molar-refractivity contribution in [2.45, 2.75) is 71.0 Å². The van der Waals surface area contributed by atoms with E-state index in [1.54, 1.807) is 18.4 Å². The monoisotopic (exact) mass is 406 g/mol. The fourth-order valence-corrected chi connectivity index (χ4v) is 4.59. The lowest BCUT2D eigenvalue weighted by molar-refractivity contribution is -0.121. The zero-order chi connectivity index (χ0) is 20.5. The van der Waals surface area contributed by atoms with E-state index in [1.807, 2.05) is 34.6 Å². The third-order valence-electron chi connectivity index (χ3n) is 4.99. The van der Waals surface area contributed by atoms with Crippen molar-refractivity contribution in [3.63, 3.8) is 0 Å². The molecule has 0 saturated carbocycles. The predicted molar refractivity (Wildman–Crippen MR) is 111 cm³/mol. The Balaban J connectivity index is 2.37. The number of nitriles is 1. The molecule has 1 amide bonds. The highest BCUT2D eigenvalue weighted by atomic mass is 32.2. The molecular weight excluding hydrogens is 380 g/mol. The number of carbonyl (C=O) groups excluding carboxylic acids is 1. The van der Waals surface area contributed by atoms with Crippen LogP contribution in [-0.2, 0) is 11.3 Å². The quantitative estimate of drug-likeness (QED) is 0.585. The molecule has 0 radical (unpaired) electrons. The molecule has 2 heterocycles. The van der Waals surface area contributed by atoms with Crippen LogP contribution < -0.4 is 10.9 Å². The lowest BCUT2D eigenvalue weighted by atomic mass is 9.90. The Labute approximate surface area is 168 Å². The van der Waals surface area contributed by atoms with Gasteiger partial charge < -0.3 is 5.32 Å². The molecule has 8 heteroatoms. The standard InChI is InChI=1S/C19H26N4O2S2/c1-8-23-17(25)14-11(4)12(5)26-16(14)21-18(23)27-13(6)15(24)22-19(7,9-20)10(2)3/h10,13H,8H2,1-7H3,(H,22,24)/t13-,19+/m1/s1. The molecule has 146 valence electrons. The minimum absolute atomic E-state index is 0.0241. The number of thiophene rings is 1. The Bertz CT molecular complexity index is 971. The third-order valence-corrected chi connectivity index (χ3v) is 7.18. The molecule has 0 saturated heterocycles. The minimum Gasteiger partial charge on any atom is -0.337 e. The Hall–Kier alpha value is -1.85. The average Bonchev–Trinajstić information content (AvgIpc) is 2.89. The van der Waals surface area contributed by atoms with Gasteiger partial charge in [0, 0.05) is 11.4 Å². The number of amides is 1. The van der Waals surface area contributed by atoms with Crippen molar-refractivity contribution >= 4 is 39.2 Å². The Kier molecular flexibility index (Phi) is 6.38. The first-order valence-corrected chi connectivity index (χ1v) is 10.7. The van der Waals surface area contributed by atoms with Gasteiger partial charge in [0.1, 0.15) is 10.4 Å². The topological polar surface area (TPSA) is 87.8 Å². The molecular formula is C19H26N4O2S2. The first-order chi connectivity index (χ1) is 12.6. The van der Waals surface area contributed by atoms with Crippen LogP contribution in [0.2, 0.25) is 0 Å². The van der Waals surface area contributed by atoms with Crippen LogP contribution in [0.1, 0.15) is 45.1 Å². The molecule has 6 nitrogen and oxygen atoms in total. The summed E-state index contributed by atoms with van der Waals surface area (Å²) in [7, 11) is 0. The summed E-state index contributed by atoms with van der Waals surface area (Å²) in [5.74, 6) is -0.266. The fraction of sp³-hybridized carbons (Fsp3) is 0.579. The van der Waals surface area contributed by atoms with Crippen LogP contribution in [0.25, 0.3) is 10.2 Å². The Morgan fingerprint density at radius 1 is 1.41 bits per heavy atom. The van der Waals surface area contributed by atoms with E-state index in [2.05, 4.69) is 16.4 Å². The maximum absolute atomic E-state index is 12.9. The van der Waals surface area contributed by atoms with Gasteiger partial charge in [-0.05, 0) is 46.1 Å². The molecule has 0 bridgehead atoms. The molecule has 27 heavy (non-hydrogen) atoms. The van der Waals surface area contributed by atoms with E-state index < -0.39 is 10.8 Å². The van der Waals surface area contributed by atoms with Gasteiger partial charge in [-0.1, -0.05) is 25.6 Å². The van der Waals surface area contributed by atoms with Gasteiger partial charge in [-0.25, -0.2) is 4.98 Å². The van der Waals surface area contributed by atoms with Crippen LogP contribution in [0.15, 0.2) is 9.95 Å². The second-order valence-corrected chi connectivity index (χ2v) is 9.64. The molecule has 1 N–H and O–H groups in total. The van der Waals surface area contributed by atoms with Gasteiger partial charge >= 0.3 is 0 Å². The van der Waals surface area contributed by atoms with Crippen molar-refractivity contribution in [1.82, 2.24) is 14.9 Å². The normalized spacial score (nSPS) is 14.8. The number of hydrogen-bond acceptors (Lipinski definition) is 6. The summed E-state index contributed by atoms with van der Waals surface area (Å²) in [6.45, 7) is 13.6. The predicted octanol–water partition coefficient (Wildman–Crippen LogP) is 3.63. The van der Waals surface area contributed by atoms with E-state index in [4.69, 9.17) is 0 Å². The summed E-state index contributed by atoms with van der Waals surface area (Å²) in [4.78, 5) is 32.0. The van der Waals surface area contributed by atoms with Crippen molar-refractivity contribution in [2.24, 2.45) is 5.92 Å². The molecule has 2 atom stereocenters. The van der Waals surface area contributed by atoms with Crippen molar-refractivity contribution in [3.8, 4) is 6.07 Å². The molecule has 0 aliphatic heterocycles. The minimum atomic E-state index is -0.935. The van der Waals surface area contributed by atoms with Crippen LogP contribution in [0.3, 0.4) is 0 Å². The number of aryl methyl sites for hydroxylation is 2. The van der Waals surface area contributed by atoms with Crippen LogP contribution in [0.5, 0.6) is 0 Å². The number of nitrogens with zero attached hydrogens (tertiary/aromatic N) is 3. The smallest absolute Gasteiger partial charge is 0.263 e. The van der Waals surface area contributed by atoms with Gasteiger partial charge in [-0.3, -0.25) is 14.2 Å². The van der Waals surface area contributed by atoms with Gasteiger partial charge in [0.05, 0.1) is 16.7 Å². The number of nitrogens with one attached hydrogen (secondary N) is 1. The summed E-state index contributed by atoms with van der Waals surface area (Å²) in [6.07, 6.45) is 0. The second kappa shape index (κ2) is 8.03. The number of carbonyl (C=O) groups is 1. The summed E-state index contributed by atoms with van der Waals surface area (Å²) in [5, 5.41) is 13.0. The molecule has 2 rings (SSSR count). The zero-order valence-corrected chi connectivity index (χ0v) is 18.5. The number of fused-ring (bicyclic) bond motifs is 1. The van der Waals surface area contributed by atoms with Gasteiger partial charge in [-0.15, -0.1) is 11.3 Å². The highest BCUT2D eigenvalue weighted by Gasteiger charge is 2.32. The molecule has 0 unspecified atom stereocenters. The Morgan fingerprint density at radius 2 is 2.04 bits per heavy atom. The van der Waals surface area contributed by atoms with Crippen LogP contribution in [-0.4, -0.2) is 26.2 Å². The first kappa shape index (κ1) is 21.5. The number of rotatable bonds is 6. The molecule has 0 aliphatic carbocycles. The summed E-state index contributed by atoms with van der Waals surface area (Å²) < 4.78 is 1.61. The fourth-order valence-electron chi connectivity index (χ4n) is 2.55. The number of thioether (sulfide) groups is 1. The van der Waals surface area contributed by atoms with Crippen molar-refractivity contribution < 1.29 is 4.79 Å². The molecule has 0 aromatic carbocycles. The number of hydrogen-bond donors (Lipinski definition) is 1. The van der Waals surface area contributed by atoms with Gasteiger partial charge in [-0.2, -0.15) is 5.26 Å². The molecule has 2 aromatic rings. The van der Waals surface area contributed by atoms with E-state index in [-0.39, 0.29) is 17.4 Å². The molecule has 0 aliphatic rings. The highest BCUT2D eigenvalue weighted by Crippen LogP contribution is 2.30. The largest absolute Gasteiger partial charge is 0.337 e. The van der Waals surface area contributed by atoms with Crippen molar-refractivity contribution in [2.75, 3.05) is 0 Å². The van der Waals surface area contributed by atoms with E-state index in [0.29, 0.717) is 21.9 Å². The molecule has 0 fully saturated rings. The maximum atomic E-state index is 12.9. The lowest BCUT2D eigenvalue weighted by Gasteiger charge is -2.28. The van der Waals surface area contributed by atoms with Crippen molar-refractivity contribution in [3.05, 3.63) is 20.8 Å². The van der Waals surface area contributed by atoms with Gasteiger partial charge in [0.2, 0.25) is 5.91 Å². The second-order valence-electron chi connectivity index (χ2n) is 7.13. The van der Waals surface area contributed by atoms with Gasteiger partial charge in [0.25, 0.3) is 5.56 Å². The molecule has 0 spiro atoms. The number of aromatic nitrogens is 2. The maximum Gasteiger partial charge on any atom is 0.263 e. The summed E-state index contributed by atoms with van der Waals surface area (Å²) >= 11 is 2.74. The van der Waals surface area contributed by atoms with Gasteiger partial charge in [0.15, 0.2) is 5.16 Å². The van der Waals surface area contributed by atoms with E-state index >= 15 is 0 Å². The SMILES string of the molecule is CCn1c(S[C@H](C)C(=O)N[C@@](C)(C#N)C(C)C)nc2sc(C)c(C)c2c1=O. The zero-order valence-electron chi connectivity index (χ0n) is 16.8.